The highest BCUT2D eigenvalue weighted by molar-refractivity contribution is 5.75. The highest BCUT2D eigenvalue weighted by Gasteiger charge is 2.18. The molecular weight excluding hydrogens is 376 g/mol. The number of aromatic nitrogens is 2. The Morgan fingerprint density at radius 1 is 0.933 bits per heavy atom. The SMILES string of the molecule is CCCCCCCCCc1cnc(-c2ccccc2OC(C)C(=O)OCCC)nc1. The lowest BCUT2D eigenvalue weighted by atomic mass is 10.1. The van der Waals surface area contributed by atoms with Crippen LogP contribution in [-0.4, -0.2) is 28.6 Å². The van der Waals surface area contributed by atoms with Crippen LogP contribution in [0.25, 0.3) is 11.4 Å². The molecule has 0 aliphatic rings. The Morgan fingerprint density at radius 3 is 2.30 bits per heavy atom. The third kappa shape index (κ3) is 8.13. The molecule has 2 aromatic rings. The van der Waals surface area contributed by atoms with Gasteiger partial charge in [0.15, 0.2) is 11.9 Å². The van der Waals surface area contributed by atoms with Gasteiger partial charge in [-0.15, -0.1) is 0 Å². The van der Waals surface area contributed by atoms with Crippen molar-refractivity contribution in [3.05, 3.63) is 42.2 Å². The number of aryl methyl sites for hydroxylation is 1. The summed E-state index contributed by atoms with van der Waals surface area (Å²) in [5.74, 6) is 0.818. The molecule has 0 bridgehead atoms. The smallest absolute Gasteiger partial charge is 0.347 e. The normalized spacial score (nSPS) is 11.8. The van der Waals surface area contributed by atoms with E-state index in [9.17, 15) is 4.79 Å². The van der Waals surface area contributed by atoms with Gasteiger partial charge in [-0.25, -0.2) is 14.8 Å². The summed E-state index contributed by atoms with van der Waals surface area (Å²) in [5.41, 5.74) is 1.93. The van der Waals surface area contributed by atoms with Crippen molar-refractivity contribution in [2.24, 2.45) is 0 Å². The summed E-state index contributed by atoms with van der Waals surface area (Å²) in [6, 6.07) is 7.52. The average molecular weight is 413 g/mol. The summed E-state index contributed by atoms with van der Waals surface area (Å²) >= 11 is 0. The maximum Gasteiger partial charge on any atom is 0.347 e. The number of rotatable bonds is 14. The molecule has 0 saturated heterocycles. The molecule has 0 amide bonds. The lowest BCUT2D eigenvalue weighted by Crippen LogP contribution is -2.26. The van der Waals surface area contributed by atoms with E-state index in [0.29, 0.717) is 18.2 Å². The Bertz CT molecular complexity index is 746. The van der Waals surface area contributed by atoms with Crippen molar-refractivity contribution in [2.75, 3.05) is 6.61 Å². The first-order chi connectivity index (χ1) is 14.7. The van der Waals surface area contributed by atoms with Crippen LogP contribution in [0.2, 0.25) is 0 Å². The zero-order chi connectivity index (χ0) is 21.6. The van der Waals surface area contributed by atoms with Gasteiger partial charge in [-0.2, -0.15) is 0 Å². The molecule has 0 aliphatic heterocycles. The summed E-state index contributed by atoms with van der Waals surface area (Å²) in [5, 5.41) is 0. The molecule has 0 N–H and O–H groups in total. The molecule has 0 spiro atoms. The third-order valence-corrected chi connectivity index (χ3v) is 4.99. The minimum absolute atomic E-state index is 0.363. The quantitative estimate of drug-likeness (QED) is 0.275. The molecule has 2 rings (SSSR count). The van der Waals surface area contributed by atoms with Gasteiger partial charge < -0.3 is 9.47 Å². The van der Waals surface area contributed by atoms with E-state index in [-0.39, 0.29) is 5.97 Å². The standard InChI is InChI=1S/C25H36N2O3/c1-4-6-7-8-9-10-11-14-21-18-26-24(27-19-21)22-15-12-13-16-23(22)30-20(3)25(28)29-17-5-2/h12-13,15-16,18-20H,4-11,14,17H2,1-3H3. The number of para-hydroxylation sites is 1. The summed E-state index contributed by atoms with van der Waals surface area (Å²) in [4.78, 5) is 21.1. The van der Waals surface area contributed by atoms with Crippen molar-refractivity contribution in [3.8, 4) is 17.1 Å². The largest absolute Gasteiger partial charge is 0.478 e. The number of ether oxygens (including phenoxy) is 2. The molecule has 0 aliphatic carbocycles. The second-order valence-electron chi connectivity index (χ2n) is 7.71. The molecular formula is C25H36N2O3. The summed E-state index contributed by atoms with van der Waals surface area (Å²) in [7, 11) is 0. The van der Waals surface area contributed by atoms with E-state index in [2.05, 4.69) is 16.9 Å². The fourth-order valence-corrected chi connectivity index (χ4v) is 3.22. The molecule has 5 nitrogen and oxygen atoms in total. The zero-order valence-corrected chi connectivity index (χ0v) is 18.7. The summed E-state index contributed by atoms with van der Waals surface area (Å²) in [6.07, 6.45) is 14.0. The minimum Gasteiger partial charge on any atom is -0.478 e. The lowest BCUT2D eigenvalue weighted by molar-refractivity contribution is -0.151. The van der Waals surface area contributed by atoms with E-state index >= 15 is 0 Å². The van der Waals surface area contributed by atoms with Gasteiger partial charge in [-0.05, 0) is 43.9 Å². The first-order valence-electron chi connectivity index (χ1n) is 11.4. The maximum absolute atomic E-state index is 12.0. The van der Waals surface area contributed by atoms with Gasteiger partial charge in [0.2, 0.25) is 0 Å². The summed E-state index contributed by atoms with van der Waals surface area (Å²) < 4.78 is 11.0. The number of carbonyl (C=O) groups is 1. The van der Waals surface area contributed by atoms with Gasteiger partial charge in [0.25, 0.3) is 0 Å². The van der Waals surface area contributed by atoms with Gasteiger partial charge >= 0.3 is 5.97 Å². The van der Waals surface area contributed by atoms with Crippen LogP contribution >= 0.6 is 0 Å². The fraction of sp³-hybridized carbons (Fsp3) is 0.560. The van der Waals surface area contributed by atoms with Crippen LogP contribution in [0.4, 0.5) is 0 Å². The fourth-order valence-electron chi connectivity index (χ4n) is 3.22. The lowest BCUT2D eigenvalue weighted by Gasteiger charge is -2.16. The van der Waals surface area contributed by atoms with Crippen LogP contribution in [0.3, 0.4) is 0 Å². The molecule has 1 unspecified atom stereocenters. The van der Waals surface area contributed by atoms with Crippen LogP contribution in [0.1, 0.15) is 77.7 Å². The van der Waals surface area contributed by atoms with Crippen LogP contribution in [-0.2, 0) is 16.0 Å². The topological polar surface area (TPSA) is 61.3 Å². The van der Waals surface area contributed by atoms with E-state index < -0.39 is 6.10 Å². The molecule has 0 radical (unpaired) electrons. The Labute approximate surface area is 181 Å². The van der Waals surface area contributed by atoms with Crippen LogP contribution in [0, 0.1) is 0 Å². The van der Waals surface area contributed by atoms with Crippen molar-refractivity contribution >= 4 is 5.97 Å². The first kappa shape index (κ1) is 23.8. The maximum atomic E-state index is 12.0. The van der Waals surface area contributed by atoms with Crippen LogP contribution < -0.4 is 4.74 Å². The van der Waals surface area contributed by atoms with Crippen molar-refractivity contribution in [3.63, 3.8) is 0 Å². The predicted octanol–water partition coefficient (Wildman–Crippen LogP) is 6.16. The number of unbranched alkanes of at least 4 members (excludes halogenated alkanes) is 6. The molecule has 1 aromatic carbocycles. The Morgan fingerprint density at radius 2 is 1.60 bits per heavy atom. The molecule has 1 atom stereocenters. The Hall–Kier alpha value is -2.43. The number of hydrogen-bond acceptors (Lipinski definition) is 5. The highest BCUT2D eigenvalue weighted by atomic mass is 16.6. The van der Waals surface area contributed by atoms with Crippen molar-refractivity contribution in [2.45, 2.75) is 84.7 Å². The molecule has 0 fully saturated rings. The van der Waals surface area contributed by atoms with Crippen molar-refractivity contribution in [1.82, 2.24) is 9.97 Å². The monoisotopic (exact) mass is 412 g/mol. The second-order valence-corrected chi connectivity index (χ2v) is 7.71. The van der Waals surface area contributed by atoms with Crippen LogP contribution in [0.5, 0.6) is 5.75 Å². The van der Waals surface area contributed by atoms with Gasteiger partial charge in [-0.3, -0.25) is 0 Å². The second kappa shape index (κ2) is 13.7. The molecule has 1 heterocycles. The van der Waals surface area contributed by atoms with E-state index in [1.807, 2.05) is 43.6 Å². The van der Waals surface area contributed by atoms with Gasteiger partial charge in [0.1, 0.15) is 5.75 Å². The molecule has 164 valence electrons. The van der Waals surface area contributed by atoms with Gasteiger partial charge in [0, 0.05) is 12.4 Å². The minimum atomic E-state index is -0.686. The van der Waals surface area contributed by atoms with E-state index in [0.717, 1.165) is 24.0 Å². The predicted molar refractivity (Wildman–Crippen MR) is 121 cm³/mol. The molecule has 5 heteroatoms. The molecule has 0 saturated carbocycles. The van der Waals surface area contributed by atoms with Crippen molar-refractivity contribution < 1.29 is 14.3 Å². The third-order valence-electron chi connectivity index (χ3n) is 4.99. The molecule has 1 aromatic heterocycles. The highest BCUT2D eigenvalue weighted by Crippen LogP contribution is 2.28. The number of carbonyl (C=O) groups excluding carboxylic acids is 1. The van der Waals surface area contributed by atoms with E-state index in [1.54, 1.807) is 6.92 Å². The number of benzene rings is 1. The van der Waals surface area contributed by atoms with E-state index in [4.69, 9.17) is 9.47 Å². The zero-order valence-electron chi connectivity index (χ0n) is 18.7. The number of nitrogens with zero attached hydrogens (tertiary/aromatic N) is 2. The summed E-state index contributed by atoms with van der Waals surface area (Å²) in [6.45, 7) is 6.30. The Balaban J connectivity index is 1.91. The molecule has 30 heavy (non-hydrogen) atoms. The van der Waals surface area contributed by atoms with E-state index in [1.165, 1.54) is 44.9 Å². The van der Waals surface area contributed by atoms with Crippen LogP contribution in [0.15, 0.2) is 36.7 Å². The van der Waals surface area contributed by atoms with Gasteiger partial charge in [0.05, 0.1) is 12.2 Å². The first-order valence-corrected chi connectivity index (χ1v) is 11.4. The van der Waals surface area contributed by atoms with Crippen molar-refractivity contribution in [1.29, 1.82) is 0 Å². The number of esters is 1. The number of hydrogen-bond donors (Lipinski definition) is 0. The van der Waals surface area contributed by atoms with Gasteiger partial charge in [-0.1, -0.05) is 64.5 Å². The average Bonchev–Trinajstić information content (AvgIpc) is 2.77. The Kier molecular flexibility index (Phi) is 10.9.